The predicted molar refractivity (Wildman–Crippen MR) is 54.9 cm³/mol. The molecule has 0 aromatic carbocycles. The van der Waals surface area contributed by atoms with Crippen LogP contribution in [0.15, 0.2) is 0 Å². The van der Waals surface area contributed by atoms with Crippen molar-refractivity contribution in [2.24, 2.45) is 0 Å². The zero-order chi connectivity index (χ0) is 14.2. The van der Waals surface area contributed by atoms with Crippen molar-refractivity contribution in [1.82, 2.24) is 0 Å². The van der Waals surface area contributed by atoms with E-state index < -0.39 is 28.8 Å². The molecule has 0 N–H and O–H groups in total. The van der Waals surface area contributed by atoms with Gasteiger partial charge in [0.25, 0.3) is 5.54 Å². The maximum Gasteiger partial charge on any atom is 0.453 e. The van der Waals surface area contributed by atoms with Gasteiger partial charge in [0, 0.05) is 12.8 Å². The Morgan fingerprint density at radius 2 is 1.56 bits per heavy atom. The molecule has 1 atom stereocenters. The number of alkyl halides is 6. The molecule has 18 heavy (non-hydrogen) atoms. The molecular weight excluding hydrogens is 260 g/mol. The number of likely N-dealkylation sites (tertiary alicyclic amines) is 1. The van der Waals surface area contributed by atoms with E-state index in [1.165, 1.54) is 0 Å². The Kier molecular flexibility index (Phi) is 3.97. The molecule has 1 nitrogen and oxygen atoms in total. The van der Waals surface area contributed by atoms with Gasteiger partial charge in [-0.15, -0.1) is 0 Å². The second kappa shape index (κ2) is 4.58. The van der Waals surface area contributed by atoms with Crippen LogP contribution < -0.4 is 0 Å². The van der Waals surface area contributed by atoms with Gasteiger partial charge in [0.05, 0.1) is 20.1 Å². The van der Waals surface area contributed by atoms with Crippen molar-refractivity contribution in [2.45, 2.75) is 50.5 Å². The SMILES string of the molecule is CCCC[N+]1(C)CCCC1(C(F)(F)F)C(F)(F)F. The summed E-state index contributed by atoms with van der Waals surface area (Å²) < 4.78 is 77.6. The van der Waals surface area contributed by atoms with Crippen LogP contribution in [0.4, 0.5) is 26.3 Å². The van der Waals surface area contributed by atoms with Gasteiger partial charge >= 0.3 is 12.4 Å². The van der Waals surface area contributed by atoms with Crippen LogP contribution >= 0.6 is 0 Å². The Morgan fingerprint density at radius 1 is 1.06 bits per heavy atom. The van der Waals surface area contributed by atoms with Crippen LogP contribution in [0.3, 0.4) is 0 Å². The number of halogens is 6. The Labute approximate surface area is 102 Å². The number of hydrogen-bond donors (Lipinski definition) is 0. The van der Waals surface area contributed by atoms with E-state index in [1.807, 2.05) is 0 Å². The summed E-state index contributed by atoms with van der Waals surface area (Å²) in [5.74, 6) is 0. The Bertz CT molecular complexity index is 281. The molecule has 1 aliphatic heterocycles. The molecule has 1 saturated heterocycles. The van der Waals surface area contributed by atoms with Crippen LogP contribution in [0.25, 0.3) is 0 Å². The highest BCUT2D eigenvalue weighted by Gasteiger charge is 2.81. The van der Waals surface area contributed by atoms with Gasteiger partial charge in [0.2, 0.25) is 0 Å². The molecule has 7 heteroatoms. The van der Waals surface area contributed by atoms with Crippen molar-refractivity contribution < 1.29 is 30.8 Å². The quantitative estimate of drug-likeness (QED) is 0.542. The third kappa shape index (κ3) is 2.10. The normalized spacial score (nSPS) is 28.7. The summed E-state index contributed by atoms with van der Waals surface area (Å²) in [7, 11) is 1.09. The van der Waals surface area contributed by atoms with E-state index in [4.69, 9.17) is 0 Å². The average Bonchev–Trinajstić information content (AvgIpc) is 2.52. The summed E-state index contributed by atoms with van der Waals surface area (Å²) in [6, 6.07) is 0. The van der Waals surface area contributed by atoms with E-state index in [0.717, 1.165) is 7.05 Å². The number of nitrogens with zero attached hydrogens (tertiary/aromatic N) is 1. The van der Waals surface area contributed by atoms with Crippen molar-refractivity contribution in [1.29, 1.82) is 0 Å². The first-order valence-electron chi connectivity index (χ1n) is 6.00. The molecule has 1 aliphatic rings. The summed E-state index contributed by atoms with van der Waals surface area (Å²) in [5, 5.41) is 0. The number of quaternary nitrogens is 1. The highest BCUT2D eigenvalue weighted by atomic mass is 19.4. The molecule has 0 aromatic rings. The number of rotatable bonds is 3. The third-order valence-electron chi connectivity index (χ3n) is 4.05. The first-order valence-corrected chi connectivity index (χ1v) is 6.00. The highest BCUT2D eigenvalue weighted by Crippen LogP contribution is 2.56. The molecule has 0 saturated carbocycles. The Hall–Kier alpha value is -0.460. The van der Waals surface area contributed by atoms with Gasteiger partial charge < -0.3 is 4.48 Å². The van der Waals surface area contributed by atoms with Crippen molar-refractivity contribution in [3.05, 3.63) is 0 Å². The third-order valence-corrected chi connectivity index (χ3v) is 4.05. The monoisotopic (exact) mass is 278 g/mol. The zero-order valence-electron chi connectivity index (χ0n) is 10.5. The molecular formula is C11H18F6N+. The smallest absolute Gasteiger partial charge is 0.306 e. The lowest BCUT2D eigenvalue weighted by Crippen LogP contribution is -2.72. The summed E-state index contributed by atoms with van der Waals surface area (Å²) in [5.41, 5.74) is -3.59. The molecule has 0 amide bonds. The Morgan fingerprint density at radius 3 is 1.94 bits per heavy atom. The molecule has 0 aromatic heterocycles. The van der Waals surface area contributed by atoms with Crippen LogP contribution in [0.2, 0.25) is 0 Å². The van der Waals surface area contributed by atoms with E-state index in [0.29, 0.717) is 12.8 Å². The minimum atomic E-state index is -5.26. The minimum absolute atomic E-state index is 0.0424. The van der Waals surface area contributed by atoms with E-state index in [2.05, 4.69) is 0 Å². The lowest BCUT2D eigenvalue weighted by atomic mass is 9.92. The van der Waals surface area contributed by atoms with Gasteiger partial charge in [0.15, 0.2) is 0 Å². The van der Waals surface area contributed by atoms with Crippen molar-refractivity contribution in [3.8, 4) is 0 Å². The maximum absolute atomic E-state index is 13.1. The van der Waals surface area contributed by atoms with Gasteiger partial charge in [-0.2, -0.15) is 26.3 Å². The molecule has 1 unspecified atom stereocenters. The summed E-state index contributed by atoms with van der Waals surface area (Å²) in [4.78, 5) is 0. The fraction of sp³-hybridized carbons (Fsp3) is 1.00. The first-order chi connectivity index (χ1) is 8.02. The molecule has 1 fully saturated rings. The van der Waals surface area contributed by atoms with Crippen molar-refractivity contribution in [3.63, 3.8) is 0 Å². The van der Waals surface area contributed by atoms with Crippen LogP contribution in [-0.4, -0.2) is 42.5 Å². The molecule has 1 rings (SSSR count). The standard InChI is InChI=1S/C11H18F6N/c1-3-4-7-18(2)8-5-6-9(18,10(12,13)14)11(15,16)17/h3-8H2,1-2H3/q+1. The molecule has 0 radical (unpaired) electrons. The van der Waals surface area contributed by atoms with Crippen LogP contribution in [0.1, 0.15) is 32.6 Å². The van der Waals surface area contributed by atoms with Crippen molar-refractivity contribution >= 4 is 0 Å². The second-order valence-electron chi connectivity index (χ2n) is 5.16. The lowest BCUT2D eigenvalue weighted by Gasteiger charge is -2.47. The van der Waals surface area contributed by atoms with Gasteiger partial charge in [-0.25, -0.2) is 0 Å². The van der Waals surface area contributed by atoms with Crippen LogP contribution in [0.5, 0.6) is 0 Å². The molecule has 1 heterocycles. The topological polar surface area (TPSA) is 0 Å². The van der Waals surface area contributed by atoms with Crippen LogP contribution in [-0.2, 0) is 0 Å². The predicted octanol–water partition coefficient (Wildman–Crippen LogP) is 3.89. The van der Waals surface area contributed by atoms with Crippen LogP contribution in [0, 0.1) is 0 Å². The minimum Gasteiger partial charge on any atom is -0.306 e. The molecule has 0 bridgehead atoms. The lowest BCUT2D eigenvalue weighted by molar-refractivity contribution is -0.972. The van der Waals surface area contributed by atoms with E-state index >= 15 is 0 Å². The highest BCUT2D eigenvalue weighted by molar-refractivity contribution is 4.99. The van der Waals surface area contributed by atoms with Gasteiger partial charge in [-0.3, -0.25) is 0 Å². The summed E-state index contributed by atoms with van der Waals surface area (Å²) in [6.07, 6.45) is -10.5. The van der Waals surface area contributed by atoms with Crippen molar-refractivity contribution in [2.75, 3.05) is 20.1 Å². The van der Waals surface area contributed by atoms with Gasteiger partial charge in [-0.05, 0) is 6.42 Å². The summed E-state index contributed by atoms with van der Waals surface area (Å²) >= 11 is 0. The fourth-order valence-corrected chi connectivity index (χ4v) is 3.01. The van der Waals surface area contributed by atoms with E-state index in [-0.39, 0.29) is 19.5 Å². The maximum atomic E-state index is 13.1. The molecule has 108 valence electrons. The van der Waals surface area contributed by atoms with Gasteiger partial charge in [-0.1, -0.05) is 13.3 Å². The average molecular weight is 278 g/mol. The zero-order valence-corrected chi connectivity index (χ0v) is 10.5. The van der Waals surface area contributed by atoms with E-state index in [9.17, 15) is 26.3 Å². The molecule has 0 spiro atoms. The fourth-order valence-electron chi connectivity index (χ4n) is 3.01. The number of unbranched alkanes of at least 4 members (excludes halogenated alkanes) is 1. The Balaban J connectivity index is 3.25. The largest absolute Gasteiger partial charge is 0.453 e. The number of hydrogen-bond acceptors (Lipinski definition) is 0. The second-order valence-corrected chi connectivity index (χ2v) is 5.16. The van der Waals surface area contributed by atoms with E-state index in [1.54, 1.807) is 6.92 Å². The van der Waals surface area contributed by atoms with Gasteiger partial charge in [0.1, 0.15) is 0 Å². The summed E-state index contributed by atoms with van der Waals surface area (Å²) in [6.45, 7) is 1.60. The first kappa shape index (κ1) is 15.6. The molecule has 0 aliphatic carbocycles.